The summed E-state index contributed by atoms with van der Waals surface area (Å²) in [6.07, 6.45) is 8.53. The van der Waals surface area contributed by atoms with Crippen LogP contribution >= 0.6 is 0 Å². The molecule has 3 heteroatoms. The van der Waals surface area contributed by atoms with Crippen molar-refractivity contribution in [3.8, 4) is 5.75 Å². The maximum Gasteiger partial charge on any atom is 0.335 e. The lowest BCUT2D eigenvalue weighted by atomic mass is 9.86. The van der Waals surface area contributed by atoms with Gasteiger partial charge in [-0.2, -0.15) is 0 Å². The van der Waals surface area contributed by atoms with E-state index < -0.39 is 5.97 Å². The summed E-state index contributed by atoms with van der Waals surface area (Å²) in [5.74, 6) is -0.401. The van der Waals surface area contributed by atoms with Gasteiger partial charge in [0.2, 0.25) is 0 Å². The maximum atomic E-state index is 11.1. The Morgan fingerprint density at radius 3 is 1.92 bits per heavy atom. The molecule has 0 heterocycles. The van der Waals surface area contributed by atoms with Gasteiger partial charge in [0.1, 0.15) is 5.75 Å². The molecule has 0 aliphatic carbocycles. The number of unbranched alkanes of at least 4 members (excludes halogenated alkanes) is 5. The van der Waals surface area contributed by atoms with Crippen molar-refractivity contribution in [3.05, 3.63) is 65.2 Å². The second-order valence-corrected chi connectivity index (χ2v) is 6.63. The van der Waals surface area contributed by atoms with Crippen LogP contribution in [0.5, 0.6) is 5.75 Å². The van der Waals surface area contributed by atoms with Crippen molar-refractivity contribution in [3.63, 3.8) is 0 Å². The molecule has 0 saturated carbocycles. The first-order valence-electron chi connectivity index (χ1n) is 9.24. The molecule has 1 unspecified atom stereocenters. The molecule has 2 rings (SSSR count). The van der Waals surface area contributed by atoms with E-state index in [-0.39, 0.29) is 11.7 Å². The number of carboxylic acid groups (broad SMARTS) is 1. The van der Waals surface area contributed by atoms with Gasteiger partial charge in [0.15, 0.2) is 0 Å². The van der Waals surface area contributed by atoms with Gasteiger partial charge in [-0.1, -0.05) is 69.7 Å². The highest BCUT2D eigenvalue weighted by molar-refractivity contribution is 5.87. The minimum Gasteiger partial charge on any atom is -0.508 e. The Hall–Kier alpha value is -2.29. The zero-order valence-corrected chi connectivity index (χ0v) is 14.9. The fourth-order valence-corrected chi connectivity index (χ4v) is 3.22. The molecule has 25 heavy (non-hydrogen) atoms. The van der Waals surface area contributed by atoms with Gasteiger partial charge < -0.3 is 10.2 Å². The predicted molar refractivity (Wildman–Crippen MR) is 101 cm³/mol. The number of phenols is 1. The number of hydrogen-bond acceptors (Lipinski definition) is 2. The summed E-state index contributed by atoms with van der Waals surface area (Å²) in [6, 6.07) is 14.5. The van der Waals surface area contributed by atoms with E-state index in [2.05, 4.69) is 6.92 Å². The predicted octanol–water partition coefficient (Wildman–Crippen LogP) is 5.97. The van der Waals surface area contributed by atoms with E-state index >= 15 is 0 Å². The number of aromatic hydroxyl groups is 1. The van der Waals surface area contributed by atoms with Gasteiger partial charge in [-0.25, -0.2) is 4.79 Å². The molecule has 0 aromatic heterocycles. The van der Waals surface area contributed by atoms with Crippen molar-refractivity contribution in [2.24, 2.45) is 0 Å². The van der Waals surface area contributed by atoms with Gasteiger partial charge in [-0.05, 0) is 41.8 Å². The third kappa shape index (κ3) is 5.93. The van der Waals surface area contributed by atoms with E-state index in [0.717, 1.165) is 24.0 Å². The van der Waals surface area contributed by atoms with Crippen LogP contribution in [-0.4, -0.2) is 16.2 Å². The Bertz CT molecular complexity index is 644. The number of aromatic carboxylic acids is 1. The Morgan fingerprint density at radius 2 is 1.36 bits per heavy atom. The van der Waals surface area contributed by atoms with Gasteiger partial charge >= 0.3 is 5.97 Å². The van der Waals surface area contributed by atoms with E-state index in [1.54, 1.807) is 24.3 Å². The molecule has 1 atom stereocenters. The first kappa shape index (κ1) is 19.0. The fourth-order valence-electron chi connectivity index (χ4n) is 3.22. The average molecular weight is 340 g/mol. The lowest BCUT2D eigenvalue weighted by Crippen LogP contribution is -2.03. The first-order chi connectivity index (χ1) is 12.1. The van der Waals surface area contributed by atoms with E-state index in [1.165, 1.54) is 32.1 Å². The summed E-state index contributed by atoms with van der Waals surface area (Å²) in [4.78, 5) is 11.1. The van der Waals surface area contributed by atoms with Gasteiger partial charge in [0.25, 0.3) is 0 Å². The molecular formula is C22H28O3. The Labute approximate surface area is 150 Å². The molecule has 0 radical (unpaired) electrons. The third-order valence-electron chi connectivity index (χ3n) is 4.70. The second kappa shape index (κ2) is 9.87. The molecule has 0 bridgehead atoms. The molecule has 0 fully saturated rings. The Kier molecular flexibility index (Phi) is 7.52. The molecule has 2 N–H and O–H groups in total. The lowest BCUT2D eigenvalue weighted by Gasteiger charge is -2.18. The standard InChI is InChI=1S/C22H28O3/c1-2-3-4-5-6-7-8-21(18-13-15-20(23)16-14-18)17-9-11-19(12-10-17)22(24)25/h9-16,21,23H,2-8H2,1H3,(H,24,25). The molecular weight excluding hydrogens is 312 g/mol. The zero-order valence-electron chi connectivity index (χ0n) is 14.9. The van der Waals surface area contributed by atoms with E-state index in [1.807, 2.05) is 24.3 Å². The number of rotatable bonds is 10. The van der Waals surface area contributed by atoms with E-state index in [9.17, 15) is 9.90 Å². The summed E-state index contributed by atoms with van der Waals surface area (Å²) in [5.41, 5.74) is 2.60. The van der Waals surface area contributed by atoms with Crippen molar-refractivity contribution in [2.45, 2.75) is 57.8 Å². The number of carbonyl (C=O) groups is 1. The maximum absolute atomic E-state index is 11.1. The molecule has 3 nitrogen and oxygen atoms in total. The summed E-state index contributed by atoms with van der Waals surface area (Å²) in [7, 11) is 0. The summed E-state index contributed by atoms with van der Waals surface area (Å²) in [5, 5.41) is 18.6. The molecule has 0 saturated heterocycles. The van der Waals surface area contributed by atoms with E-state index in [0.29, 0.717) is 5.56 Å². The Morgan fingerprint density at radius 1 is 0.840 bits per heavy atom. The van der Waals surface area contributed by atoms with Crippen LogP contribution in [0.1, 0.15) is 79.3 Å². The first-order valence-corrected chi connectivity index (χ1v) is 9.24. The number of hydrogen-bond donors (Lipinski definition) is 2. The van der Waals surface area contributed by atoms with Gasteiger partial charge in [0, 0.05) is 5.92 Å². The summed E-state index contributed by atoms with van der Waals surface area (Å²) < 4.78 is 0. The number of carboxylic acids is 1. The van der Waals surface area contributed by atoms with Crippen LogP contribution in [-0.2, 0) is 0 Å². The number of phenolic OH excluding ortho intramolecular Hbond substituents is 1. The van der Waals surface area contributed by atoms with Crippen LogP contribution in [0.2, 0.25) is 0 Å². The van der Waals surface area contributed by atoms with Gasteiger partial charge in [-0.15, -0.1) is 0 Å². The highest BCUT2D eigenvalue weighted by atomic mass is 16.4. The quantitative estimate of drug-likeness (QED) is 0.524. The third-order valence-corrected chi connectivity index (χ3v) is 4.70. The summed E-state index contributed by atoms with van der Waals surface area (Å²) >= 11 is 0. The highest BCUT2D eigenvalue weighted by Gasteiger charge is 2.15. The van der Waals surface area contributed by atoms with Crippen molar-refractivity contribution in [2.75, 3.05) is 0 Å². The molecule has 0 aliphatic rings. The largest absolute Gasteiger partial charge is 0.508 e. The topological polar surface area (TPSA) is 57.5 Å². The van der Waals surface area contributed by atoms with Crippen LogP contribution in [0.25, 0.3) is 0 Å². The molecule has 0 spiro atoms. The van der Waals surface area contributed by atoms with Gasteiger partial charge in [0.05, 0.1) is 5.56 Å². The SMILES string of the molecule is CCCCCCCCC(c1ccc(O)cc1)c1ccc(C(=O)O)cc1. The average Bonchev–Trinajstić information content (AvgIpc) is 2.62. The minimum atomic E-state index is -0.899. The lowest BCUT2D eigenvalue weighted by molar-refractivity contribution is 0.0697. The molecule has 134 valence electrons. The zero-order chi connectivity index (χ0) is 18.1. The highest BCUT2D eigenvalue weighted by Crippen LogP contribution is 2.31. The minimum absolute atomic E-state index is 0.231. The van der Waals surface area contributed by atoms with Crippen LogP contribution < -0.4 is 0 Å². The van der Waals surface area contributed by atoms with Gasteiger partial charge in [-0.3, -0.25) is 0 Å². The van der Waals surface area contributed by atoms with Crippen molar-refractivity contribution < 1.29 is 15.0 Å². The molecule has 2 aromatic carbocycles. The van der Waals surface area contributed by atoms with Crippen LogP contribution in [0.15, 0.2) is 48.5 Å². The molecule has 0 aliphatic heterocycles. The van der Waals surface area contributed by atoms with Crippen molar-refractivity contribution in [1.82, 2.24) is 0 Å². The molecule has 0 amide bonds. The van der Waals surface area contributed by atoms with Crippen LogP contribution in [0.3, 0.4) is 0 Å². The molecule has 2 aromatic rings. The van der Waals surface area contributed by atoms with Crippen molar-refractivity contribution in [1.29, 1.82) is 0 Å². The fraction of sp³-hybridized carbons (Fsp3) is 0.409. The monoisotopic (exact) mass is 340 g/mol. The normalized spacial score (nSPS) is 12.0. The Balaban J connectivity index is 2.08. The number of benzene rings is 2. The smallest absolute Gasteiger partial charge is 0.335 e. The van der Waals surface area contributed by atoms with Crippen LogP contribution in [0, 0.1) is 0 Å². The van der Waals surface area contributed by atoms with Crippen LogP contribution in [0.4, 0.5) is 0 Å². The summed E-state index contributed by atoms with van der Waals surface area (Å²) in [6.45, 7) is 2.22. The van der Waals surface area contributed by atoms with E-state index in [4.69, 9.17) is 5.11 Å². The second-order valence-electron chi connectivity index (χ2n) is 6.63. The van der Waals surface area contributed by atoms with Crippen molar-refractivity contribution >= 4 is 5.97 Å².